The highest BCUT2D eigenvalue weighted by molar-refractivity contribution is 7.93. The second-order valence-corrected chi connectivity index (χ2v) is 7.26. The average Bonchev–Trinajstić information content (AvgIpc) is 2.83. The molecule has 2 aromatic heterocycles. The molecule has 0 saturated heterocycles. The normalized spacial score (nSPS) is 11.4. The molecule has 0 atom stereocenters. The number of carbonyl (C=O) groups is 1. The Morgan fingerprint density at radius 1 is 1.43 bits per heavy atom. The van der Waals surface area contributed by atoms with Crippen LogP contribution in [-0.4, -0.2) is 24.5 Å². The molecule has 112 valence electrons. The summed E-state index contributed by atoms with van der Waals surface area (Å²) in [6, 6.07) is 2.65. The first-order valence-corrected chi connectivity index (χ1v) is 8.50. The first-order valence-electron chi connectivity index (χ1n) is 5.38. The highest BCUT2D eigenvalue weighted by atomic mass is 35.5. The van der Waals surface area contributed by atoms with Crippen LogP contribution >= 0.6 is 34.5 Å². The number of carboxylic acids is 1. The number of anilines is 1. The molecule has 0 bridgehead atoms. The topological polar surface area (TPSA) is 96.4 Å². The monoisotopic (exact) mass is 366 g/mol. The van der Waals surface area contributed by atoms with Crippen LogP contribution < -0.4 is 4.72 Å². The maximum Gasteiger partial charge on any atom is 0.347 e. The zero-order valence-electron chi connectivity index (χ0n) is 10.4. The SMILES string of the molecule is Cc1cc(Cl)nc(Cl)c1NS(=O)(=O)c1ccsc1C(=O)O. The Bertz CT molecular complexity index is 794. The third kappa shape index (κ3) is 3.29. The van der Waals surface area contributed by atoms with E-state index in [9.17, 15) is 13.2 Å². The van der Waals surface area contributed by atoms with Crippen molar-refractivity contribution in [3.63, 3.8) is 0 Å². The van der Waals surface area contributed by atoms with Gasteiger partial charge in [0.1, 0.15) is 14.9 Å². The van der Waals surface area contributed by atoms with Crippen LogP contribution in [0.25, 0.3) is 0 Å². The molecule has 0 aromatic carbocycles. The Hall–Kier alpha value is -1.35. The van der Waals surface area contributed by atoms with Gasteiger partial charge in [0.2, 0.25) is 0 Å². The third-order valence-corrected chi connectivity index (χ3v) is 5.38. The van der Waals surface area contributed by atoms with Gasteiger partial charge in [0.15, 0.2) is 5.15 Å². The smallest absolute Gasteiger partial charge is 0.347 e. The number of nitrogens with one attached hydrogen (secondary N) is 1. The number of carboxylic acid groups (broad SMARTS) is 1. The van der Waals surface area contributed by atoms with Gasteiger partial charge in [0.25, 0.3) is 10.0 Å². The van der Waals surface area contributed by atoms with E-state index in [1.807, 2.05) is 0 Å². The Kier molecular flexibility index (Phi) is 4.43. The standard InChI is InChI=1S/C11H8Cl2N2O4S2/c1-5-4-7(12)14-10(13)8(5)15-21(18,19)6-2-3-20-9(6)11(16)17/h2-4,15H,1H3,(H,16,17). The lowest BCUT2D eigenvalue weighted by Gasteiger charge is -2.11. The number of nitrogens with zero attached hydrogens (tertiary/aromatic N) is 1. The number of hydrogen-bond acceptors (Lipinski definition) is 5. The van der Waals surface area contributed by atoms with Crippen molar-refractivity contribution in [3.05, 3.63) is 38.3 Å². The van der Waals surface area contributed by atoms with Crippen LogP contribution in [-0.2, 0) is 10.0 Å². The number of thiophene rings is 1. The zero-order chi connectivity index (χ0) is 15.8. The number of aromatic carboxylic acids is 1. The van der Waals surface area contributed by atoms with Crippen LogP contribution in [0, 0.1) is 6.92 Å². The van der Waals surface area contributed by atoms with Crippen LogP contribution in [0.4, 0.5) is 5.69 Å². The summed E-state index contributed by atoms with van der Waals surface area (Å²) in [5.41, 5.74) is 0.527. The van der Waals surface area contributed by atoms with Crippen molar-refractivity contribution in [1.82, 2.24) is 4.98 Å². The second-order valence-electron chi connectivity index (χ2n) is 3.95. The van der Waals surface area contributed by atoms with Crippen molar-refractivity contribution < 1.29 is 18.3 Å². The Morgan fingerprint density at radius 3 is 2.67 bits per heavy atom. The molecule has 0 spiro atoms. The molecule has 2 N–H and O–H groups in total. The van der Waals surface area contributed by atoms with Gasteiger partial charge < -0.3 is 5.11 Å². The molecule has 0 fully saturated rings. The van der Waals surface area contributed by atoms with E-state index < -0.39 is 16.0 Å². The van der Waals surface area contributed by atoms with Crippen molar-refractivity contribution >= 4 is 56.2 Å². The Morgan fingerprint density at radius 2 is 2.10 bits per heavy atom. The van der Waals surface area contributed by atoms with Gasteiger partial charge in [-0.3, -0.25) is 4.72 Å². The van der Waals surface area contributed by atoms with Crippen molar-refractivity contribution in [3.8, 4) is 0 Å². The number of rotatable bonds is 4. The molecule has 0 radical (unpaired) electrons. The summed E-state index contributed by atoms with van der Waals surface area (Å²) in [5.74, 6) is -1.32. The van der Waals surface area contributed by atoms with Crippen LogP contribution in [0.2, 0.25) is 10.3 Å². The highest BCUT2D eigenvalue weighted by Crippen LogP contribution is 2.30. The molecule has 10 heteroatoms. The molecular weight excluding hydrogens is 359 g/mol. The predicted octanol–water partition coefficient (Wildman–Crippen LogP) is 3.26. The van der Waals surface area contributed by atoms with Crippen LogP contribution in [0.1, 0.15) is 15.2 Å². The lowest BCUT2D eigenvalue weighted by Crippen LogP contribution is -2.16. The number of sulfonamides is 1. The van der Waals surface area contributed by atoms with Gasteiger partial charge in [-0.15, -0.1) is 11.3 Å². The maximum atomic E-state index is 12.3. The van der Waals surface area contributed by atoms with Crippen molar-refractivity contribution in [1.29, 1.82) is 0 Å². The summed E-state index contributed by atoms with van der Waals surface area (Å²) < 4.78 is 26.8. The van der Waals surface area contributed by atoms with Crippen molar-refractivity contribution in [2.45, 2.75) is 11.8 Å². The van der Waals surface area contributed by atoms with Gasteiger partial charge in [-0.25, -0.2) is 18.2 Å². The molecule has 0 saturated carbocycles. The molecule has 21 heavy (non-hydrogen) atoms. The molecule has 2 rings (SSSR count). The maximum absolute atomic E-state index is 12.3. The molecule has 0 aliphatic rings. The van der Waals surface area contributed by atoms with Crippen LogP contribution in [0.15, 0.2) is 22.4 Å². The molecule has 0 aliphatic carbocycles. The lowest BCUT2D eigenvalue weighted by atomic mass is 10.3. The largest absolute Gasteiger partial charge is 0.477 e. The summed E-state index contributed by atoms with van der Waals surface area (Å²) in [7, 11) is -4.09. The van der Waals surface area contributed by atoms with Gasteiger partial charge in [-0.1, -0.05) is 23.2 Å². The van der Waals surface area contributed by atoms with E-state index >= 15 is 0 Å². The minimum atomic E-state index is -4.09. The first kappa shape index (κ1) is 16.0. The Labute approximate surface area is 134 Å². The van der Waals surface area contributed by atoms with E-state index in [2.05, 4.69) is 9.71 Å². The summed E-state index contributed by atoms with van der Waals surface area (Å²) >= 11 is 12.4. The van der Waals surface area contributed by atoms with E-state index in [0.29, 0.717) is 5.56 Å². The summed E-state index contributed by atoms with van der Waals surface area (Å²) in [5, 5.41) is 10.4. The minimum absolute atomic E-state index is 0.0589. The quantitative estimate of drug-likeness (QED) is 0.809. The van der Waals surface area contributed by atoms with Gasteiger partial charge in [-0.05, 0) is 30.0 Å². The van der Waals surface area contributed by atoms with E-state index in [1.54, 1.807) is 6.92 Å². The molecule has 6 nitrogen and oxygen atoms in total. The first-order chi connectivity index (χ1) is 9.72. The minimum Gasteiger partial charge on any atom is -0.477 e. The summed E-state index contributed by atoms with van der Waals surface area (Å²) in [6.45, 7) is 1.60. The van der Waals surface area contributed by atoms with Gasteiger partial charge in [0, 0.05) is 0 Å². The highest BCUT2D eigenvalue weighted by Gasteiger charge is 2.25. The van der Waals surface area contributed by atoms with Crippen LogP contribution in [0.3, 0.4) is 0 Å². The number of pyridine rings is 1. The van der Waals surface area contributed by atoms with Gasteiger partial charge in [0.05, 0.1) is 5.69 Å². The third-order valence-electron chi connectivity index (χ3n) is 2.49. The van der Waals surface area contributed by atoms with Gasteiger partial charge in [-0.2, -0.15) is 0 Å². The molecule has 2 aromatic rings. The number of aromatic nitrogens is 1. The second kappa shape index (κ2) is 5.80. The van der Waals surface area contributed by atoms with E-state index in [1.165, 1.54) is 17.5 Å². The predicted molar refractivity (Wildman–Crippen MR) is 81.1 cm³/mol. The van der Waals surface area contributed by atoms with Crippen molar-refractivity contribution in [2.75, 3.05) is 4.72 Å². The number of aryl methyl sites for hydroxylation is 1. The zero-order valence-corrected chi connectivity index (χ0v) is 13.6. The number of hydrogen-bond donors (Lipinski definition) is 2. The number of halogens is 2. The van der Waals surface area contributed by atoms with E-state index in [0.717, 1.165) is 11.3 Å². The fourth-order valence-corrected chi connectivity index (χ4v) is 4.61. The van der Waals surface area contributed by atoms with Crippen LogP contribution in [0.5, 0.6) is 0 Å². The van der Waals surface area contributed by atoms with Gasteiger partial charge >= 0.3 is 5.97 Å². The summed E-state index contributed by atoms with van der Waals surface area (Å²) in [6.07, 6.45) is 0. The molecular formula is C11H8Cl2N2O4S2. The van der Waals surface area contributed by atoms with Crippen molar-refractivity contribution in [2.24, 2.45) is 0 Å². The average molecular weight is 367 g/mol. The lowest BCUT2D eigenvalue weighted by molar-refractivity contribution is 0.0698. The fourth-order valence-electron chi connectivity index (χ4n) is 1.57. The molecule has 0 amide bonds. The summed E-state index contributed by atoms with van der Waals surface area (Å²) in [4.78, 5) is 14.2. The molecule has 0 unspecified atom stereocenters. The van der Waals surface area contributed by atoms with E-state index in [-0.39, 0.29) is 25.8 Å². The fraction of sp³-hybridized carbons (Fsp3) is 0.0909. The Balaban J connectivity index is 2.48. The van der Waals surface area contributed by atoms with E-state index in [4.69, 9.17) is 28.3 Å². The molecule has 2 heterocycles. The molecule has 0 aliphatic heterocycles.